The van der Waals surface area contributed by atoms with Crippen molar-refractivity contribution in [3.63, 3.8) is 0 Å². The molecule has 5 rings (SSSR count). The van der Waals surface area contributed by atoms with Gasteiger partial charge in [0.2, 0.25) is 0 Å². The third-order valence-corrected chi connectivity index (χ3v) is 7.45. The molecule has 0 spiro atoms. The summed E-state index contributed by atoms with van der Waals surface area (Å²) in [6, 6.07) is 14.6. The fraction of sp³-hybridized carbons (Fsp3) is 0.536. The second-order valence-corrected chi connectivity index (χ2v) is 9.74. The number of carbonyl (C=O) groups is 1. The molecule has 2 aromatic rings. The van der Waals surface area contributed by atoms with Gasteiger partial charge in [-0.2, -0.15) is 0 Å². The largest absolute Gasteiger partial charge is 0.492 e. The molecule has 0 aromatic heterocycles. The van der Waals surface area contributed by atoms with Crippen LogP contribution in [0.5, 0.6) is 11.5 Å². The third kappa shape index (κ3) is 5.08. The van der Waals surface area contributed by atoms with Crippen molar-refractivity contribution in [3.8, 4) is 11.5 Å². The maximum Gasteiger partial charge on any atom is 0.268 e. The summed E-state index contributed by atoms with van der Waals surface area (Å²) in [7, 11) is 0. The molecule has 1 amide bonds. The van der Waals surface area contributed by atoms with Gasteiger partial charge < -0.3 is 19.5 Å². The molecule has 1 aliphatic carbocycles. The number of carbonyl (C=O) groups excluding carboxylic acids is 1. The fourth-order valence-electron chi connectivity index (χ4n) is 5.24. The summed E-state index contributed by atoms with van der Waals surface area (Å²) in [5.41, 5.74) is 3.38. The van der Waals surface area contributed by atoms with Gasteiger partial charge in [-0.3, -0.25) is 9.69 Å². The Labute approximate surface area is 202 Å². The first-order valence-corrected chi connectivity index (χ1v) is 12.8. The standard InChI is InChI=1S/C28H36N2O4/c1-2-20-18-23(9-12-26(20)33-17-16-29-14-3-4-24(29)19-31)30-15-13-27(28(30)32)34-25-10-7-22(8-11-25)21-5-6-21/h7-12,18,21,24,27,31H,2-6,13-17,19H2,1H3/t24-,27+/m1/s1. The highest BCUT2D eigenvalue weighted by Gasteiger charge is 2.34. The Bertz CT molecular complexity index is 988. The summed E-state index contributed by atoms with van der Waals surface area (Å²) in [6.07, 6.45) is 5.84. The van der Waals surface area contributed by atoms with Gasteiger partial charge in [0.25, 0.3) is 5.91 Å². The molecule has 3 aliphatic rings. The molecule has 3 fully saturated rings. The molecule has 34 heavy (non-hydrogen) atoms. The minimum absolute atomic E-state index is 0.0195. The van der Waals surface area contributed by atoms with Gasteiger partial charge in [-0.1, -0.05) is 19.1 Å². The lowest BCUT2D eigenvalue weighted by molar-refractivity contribution is -0.122. The van der Waals surface area contributed by atoms with E-state index < -0.39 is 6.10 Å². The molecule has 6 nitrogen and oxygen atoms in total. The number of aliphatic hydroxyl groups excluding tert-OH is 1. The number of hydrogen-bond acceptors (Lipinski definition) is 5. The van der Waals surface area contributed by atoms with E-state index in [4.69, 9.17) is 9.47 Å². The Morgan fingerprint density at radius 2 is 1.85 bits per heavy atom. The van der Waals surface area contributed by atoms with Gasteiger partial charge in [0, 0.05) is 31.2 Å². The third-order valence-electron chi connectivity index (χ3n) is 7.45. The predicted molar refractivity (Wildman–Crippen MR) is 133 cm³/mol. The fourth-order valence-corrected chi connectivity index (χ4v) is 5.24. The van der Waals surface area contributed by atoms with Crippen molar-refractivity contribution in [3.05, 3.63) is 53.6 Å². The van der Waals surface area contributed by atoms with Gasteiger partial charge in [0.15, 0.2) is 6.10 Å². The first-order chi connectivity index (χ1) is 16.7. The molecule has 0 unspecified atom stereocenters. The topological polar surface area (TPSA) is 62.2 Å². The van der Waals surface area contributed by atoms with E-state index in [1.165, 1.54) is 18.4 Å². The quantitative estimate of drug-likeness (QED) is 0.573. The van der Waals surface area contributed by atoms with Crippen LogP contribution in [-0.2, 0) is 11.2 Å². The van der Waals surface area contributed by atoms with Crippen molar-refractivity contribution >= 4 is 11.6 Å². The maximum absolute atomic E-state index is 13.1. The molecule has 1 saturated carbocycles. The summed E-state index contributed by atoms with van der Waals surface area (Å²) in [5.74, 6) is 2.38. The van der Waals surface area contributed by atoms with Crippen LogP contribution >= 0.6 is 0 Å². The molecule has 6 heteroatoms. The monoisotopic (exact) mass is 464 g/mol. The minimum Gasteiger partial charge on any atom is -0.492 e. The van der Waals surface area contributed by atoms with E-state index in [9.17, 15) is 9.90 Å². The van der Waals surface area contributed by atoms with E-state index in [2.05, 4.69) is 30.0 Å². The van der Waals surface area contributed by atoms with Gasteiger partial charge in [-0.15, -0.1) is 0 Å². The predicted octanol–water partition coefficient (Wildman–Crippen LogP) is 4.15. The van der Waals surface area contributed by atoms with Crippen LogP contribution in [0.4, 0.5) is 5.69 Å². The summed E-state index contributed by atoms with van der Waals surface area (Å²) < 4.78 is 12.2. The smallest absolute Gasteiger partial charge is 0.268 e. The van der Waals surface area contributed by atoms with Crippen LogP contribution in [0.3, 0.4) is 0 Å². The number of rotatable bonds is 10. The van der Waals surface area contributed by atoms with Crippen LogP contribution in [0.2, 0.25) is 0 Å². The van der Waals surface area contributed by atoms with Gasteiger partial charge >= 0.3 is 0 Å². The van der Waals surface area contributed by atoms with E-state index in [1.54, 1.807) is 0 Å². The highest BCUT2D eigenvalue weighted by molar-refractivity contribution is 5.99. The van der Waals surface area contributed by atoms with Gasteiger partial charge in [0.05, 0.1) is 6.61 Å². The van der Waals surface area contributed by atoms with E-state index in [0.29, 0.717) is 19.6 Å². The van der Waals surface area contributed by atoms with Crippen molar-refractivity contribution in [2.24, 2.45) is 0 Å². The zero-order valence-corrected chi connectivity index (χ0v) is 20.1. The molecular weight excluding hydrogens is 428 g/mol. The van der Waals surface area contributed by atoms with Crippen molar-refractivity contribution in [2.45, 2.75) is 63.5 Å². The number of nitrogens with zero attached hydrogens (tertiary/aromatic N) is 2. The van der Waals surface area contributed by atoms with Crippen molar-refractivity contribution < 1.29 is 19.4 Å². The van der Waals surface area contributed by atoms with Crippen LogP contribution in [0.25, 0.3) is 0 Å². The summed E-state index contributed by atoms with van der Waals surface area (Å²) >= 11 is 0. The van der Waals surface area contributed by atoms with E-state index in [-0.39, 0.29) is 18.6 Å². The molecule has 2 atom stereocenters. The van der Waals surface area contributed by atoms with Crippen LogP contribution in [-0.4, -0.2) is 60.9 Å². The van der Waals surface area contributed by atoms with Gasteiger partial charge in [0.1, 0.15) is 18.1 Å². The van der Waals surface area contributed by atoms with E-state index >= 15 is 0 Å². The molecule has 2 saturated heterocycles. The van der Waals surface area contributed by atoms with Crippen molar-refractivity contribution in [1.29, 1.82) is 0 Å². The molecule has 2 heterocycles. The molecule has 2 aromatic carbocycles. The summed E-state index contributed by atoms with van der Waals surface area (Å²) in [6.45, 7) is 5.43. The maximum atomic E-state index is 13.1. The van der Waals surface area contributed by atoms with Crippen LogP contribution in [0.1, 0.15) is 56.1 Å². The number of benzene rings is 2. The van der Waals surface area contributed by atoms with Crippen LogP contribution in [0, 0.1) is 0 Å². The average Bonchev–Trinajstić information content (AvgIpc) is 3.52. The molecule has 0 bridgehead atoms. The highest BCUT2D eigenvalue weighted by atomic mass is 16.5. The van der Waals surface area contributed by atoms with E-state index in [1.807, 2.05) is 29.2 Å². The number of ether oxygens (including phenoxy) is 2. The molecular formula is C28H36N2O4. The average molecular weight is 465 g/mol. The molecule has 1 N–H and O–H groups in total. The first-order valence-electron chi connectivity index (χ1n) is 12.8. The number of amides is 1. The van der Waals surface area contributed by atoms with Crippen molar-refractivity contribution in [2.75, 3.05) is 37.7 Å². The second kappa shape index (κ2) is 10.4. The minimum atomic E-state index is -0.437. The highest BCUT2D eigenvalue weighted by Crippen LogP contribution is 2.40. The Kier molecular flexibility index (Phi) is 7.07. The number of anilines is 1. The zero-order chi connectivity index (χ0) is 23.5. The van der Waals surface area contributed by atoms with Crippen LogP contribution < -0.4 is 14.4 Å². The van der Waals surface area contributed by atoms with Gasteiger partial charge in [-0.05, 0) is 86.0 Å². The molecule has 0 radical (unpaired) electrons. The zero-order valence-electron chi connectivity index (χ0n) is 20.1. The number of aliphatic hydroxyl groups is 1. The Morgan fingerprint density at radius 3 is 2.59 bits per heavy atom. The lowest BCUT2D eigenvalue weighted by Gasteiger charge is -2.23. The number of hydrogen-bond donors (Lipinski definition) is 1. The SMILES string of the molecule is CCc1cc(N2CC[C@H](Oc3ccc(C4CC4)cc3)C2=O)ccc1OCCN1CCC[C@@H]1CO. The Hall–Kier alpha value is -2.57. The Morgan fingerprint density at radius 1 is 1.03 bits per heavy atom. The number of aryl methyl sites for hydroxylation is 1. The number of likely N-dealkylation sites (tertiary alicyclic amines) is 1. The summed E-state index contributed by atoms with van der Waals surface area (Å²) in [4.78, 5) is 17.2. The van der Waals surface area contributed by atoms with Crippen LogP contribution in [0.15, 0.2) is 42.5 Å². The first kappa shape index (κ1) is 23.2. The second-order valence-electron chi connectivity index (χ2n) is 9.74. The summed E-state index contributed by atoms with van der Waals surface area (Å²) in [5, 5.41) is 9.50. The molecule has 182 valence electrons. The van der Waals surface area contributed by atoms with Gasteiger partial charge in [-0.25, -0.2) is 0 Å². The lowest BCUT2D eigenvalue weighted by Crippen LogP contribution is -2.35. The lowest BCUT2D eigenvalue weighted by atomic mass is 10.1. The Balaban J connectivity index is 1.18. The molecule has 2 aliphatic heterocycles. The normalized spacial score (nSPS) is 23.0. The van der Waals surface area contributed by atoms with E-state index in [0.717, 1.165) is 61.0 Å². The van der Waals surface area contributed by atoms with Crippen molar-refractivity contribution in [1.82, 2.24) is 4.90 Å².